The molecule has 0 heterocycles. The number of nitriles is 1. The zero-order valence-electron chi connectivity index (χ0n) is 8.46. The number of benzene rings is 1. The third-order valence-electron chi connectivity index (χ3n) is 1.71. The van der Waals surface area contributed by atoms with E-state index < -0.39 is 11.8 Å². The average Bonchev–Trinajstić information content (AvgIpc) is 2.29. The van der Waals surface area contributed by atoms with E-state index in [4.69, 9.17) is 16.9 Å². The maximum absolute atomic E-state index is 11.4. The van der Waals surface area contributed by atoms with Gasteiger partial charge in [-0.2, -0.15) is 5.26 Å². The lowest BCUT2D eigenvalue weighted by Crippen LogP contribution is -2.35. The van der Waals surface area contributed by atoms with Gasteiger partial charge in [-0.1, -0.05) is 11.6 Å². The van der Waals surface area contributed by atoms with Gasteiger partial charge in [0.15, 0.2) is 0 Å². The van der Waals surface area contributed by atoms with Crippen molar-refractivity contribution < 1.29 is 9.59 Å². The second kappa shape index (κ2) is 6.42. The van der Waals surface area contributed by atoms with E-state index in [9.17, 15) is 9.59 Å². The van der Waals surface area contributed by atoms with E-state index in [1.807, 2.05) is 0 Å². The van der Waals surface area contributed by atoms with Crippen LogP contribution < -0.4 is 10.6 Å². The van der Waals surface area contributed by atoms with Gasteiger partial charge in [0.1, 0.15) is 6.54 Å². The second-order valence-electron chi connectivity index (χ2n) is 2.92. The molecule has 1 aromatic rings. The predicted molar refractivity (Wildman–Crippen MR) is 71.4 cm³/mol. The zero-order chi connectivity index (χ0) is 12.8. The number of nitrogens with one attached hydrogen (secondary N) is 2. The molecule has 0 aliphatic rings. The van der Waals surface area contributed by atoms with Crippen LogP contribution in [0, 0.1) is 14.9 Å². The van der Waals surface area contributed by atoms with Gasteiger partial charge < -0.3 is 10.6 Å². The van der Waals surface area contributed by atoms with Gasteiger partial charge in [-0.25, -0.2) is 0 Å². The van der Waals surface area contributed by atoms with Gasteiger partial charge in [0.25, 0.3) is 0 Å². The Labute approximate surface area is 116 Å². The SMILES string of the molecule is N#CCNC(=O)C(=O)Nc1ccc(I)cc1Cl. The van der Waals surface area contributed by atoms with Crippen LogP contribution in [0.3, 0.4) is 0 Å². The minimum Gasteiger partial charge on any atom is -0.335 e. The van der Waals surface area contributed by atoms with Crippen molar-refractivity contribution >= 4 is 51.7 Å². The molecule has 88 valence electrons. The lowest BCUT2D eigenvalue weighted by atomic mass is 10.3. The van der Waals surface area contributed by atoms with Crippen LogP contribution in [-0.2, 0) is 9.59 Å². The molecule has 7 heteroatoms. The molecule has 0 saturated heterocycles. The van der Waals surface area contributed by atoms with E-state index >= 15 is 0 Å². The number of carbonyl (C=O) groups excluding carboxylic acids is 2. The molecule has 0 bridgehead atoms. The first-order chi connectivity index (χ1) is 8.04. The van der Waals surface area contributed by atoms with Crippen LogP contribution in [0.15, 0.2) is 18.2 Å². The smallest absolute Gasteiger partial charge is 0.313 e. The van der Waals surface area contributed by atoms with Crippen molar-refractivity contribution in [3.63, 3.8) is 0 Å². The molecular formula is C10H7ClIN3O2. The largest absolute Gasteiger partial charge is 0.335 e. The standard InChI is InChI=1S/C10H7ClIN3O2/c11-7-5-6(12)1-2-8(7)15-10(17)9(16)14-4-3-13/h1-2,5H,4H2,(H,14,16)(H,15,17). The first kappa shape index (κ1) is 13.7. The number of hydrogen-bond donors (Lipinski definition) is 2. The number of anilines is 1. The van der Waals surface area contributed by atoms with Gasteiger partial charge in [-0.3, -0.25) is 9.59 Å². The van der Waals surface area contributed by atoms with Crippen LogP contribution in [-0.4, -0.2) is 18.4 Å². The number of halogens is 2. The monoisotopic (exact) mass is 363 g/mol. The highest BCUT2D eigenvalue weighted by atomic mass is 127. The predicted octanol–water partition coefficient (Wildman–Crippen LogP) is 1.52. The normalized spacial score (nSPS) is 9.24. The van der Waals surface area contributed by atoms with Crippen LogP contribution in [0.1, 0.15) is 0 Å². The maximum Gasteiger partial charge on any atom is 0.313 e. The summed E-state index contributed by atoms with van der Waals surface area (Å²) in [7, 11) is 0. The van der Waals surface area contributed by atoms with Crippen molar-refractivity contribution in [1.82, 2.24) is 5.32 Å². The molecule has 0 radical (unpaired) electrons. The van der Waals surface area contributed by atoms with Gasteiger partial charge in [0.2, 0.25) is 0 Å². The van der Waals surface area contributed by atoms with Gasteiger partial charge in [-0.05, 0) is 40.8 Å². The minimum absolute atomic E-state index is 0.216. The Morgan fingerprint density at radius 2 is 2.12 bits per heavy atom. The molecule has 5 nitrogen and oxygen atoms in total. The molecule has 0 fully saturated rings. The first-order valence-electron chi connectivity index (χ1n) is 4.45. The fraction of sp³-hybridized carbons (Fsp3) is 0.100. The topological polar surface area (TPSA) is 82.0 Å². The van der Waals surface area contributed by atoms with Crippen molar-refractivity contribution in [1.29, 1.82) is 5.26 Å². The van der Waals surface area contributed by atoms with E-state index in [1.54, 1.807) is 24.3 Å². The highest BCUT2D eigenvalue weighted by Crippen LogP contribution is 2.23. The van der Waals surface area contributed by atoms with Crippen molar-refractivity contribution in [3.05, 3.63) is 26.8 Å². The summed E-state index contributed by atoms with van der Waals surface area (Å²) in [5.74, 6) is -1.73. The van der Waals surface area contributed by atoms with Crippen molar-refractivity contribution in [3.8, 4) is 6.07 Å². The Morgan fingerprint density at radius 3 is 2.71 bits per heavy atom. The molecule has 2 amide bonds. The van der Waals surface area contributed by atoms with E-state index in [1.165, 1.54) is 0 Å². The summed E-state index contributed by atoms with van der Waals surface area (Å²) in [4.78, 5) is 22.5. The maximum atomic E-state index is 11.4. The molecule has 0 spiro atoms. The highest BCUT2D eigenvalue weighted by molar-refractivity contribution is 14.1. The van der Waals surface area contributed by atoms with Crippen LogP contribution in [0.2, 0.25) is 5.02 Å². The lowest BCUT2D eigenvalue weighted by molar-refractivity contribution is -0.136. The third kappa shape index (κ3) is 4.20. The molecule has 1 rings (SSSR count). The van der Waals surface area contributed by atoms with Crippen molar-refractivity contribution in [2.75, 3.05) is 11.9 Å². The molecule has 0 saturated carbocycles. The van der Waals surface area contributed by atoms with Gasteiger partial charge in [0.05, 0.1) is 16.8 Å². The second-order valence-corrected chi connectivity index (χ2v) is 4.57. The zero-order valence-corrected chi connectivity index (χ0v) is 11.4. The van der Waals surface area contributed by atoms with Crippen LogP contribution in [0.5, 0.6) is 0 Å². The Morgan fingerprint density at radius 1 is 1.41 bits per heavy atom. The Bertz CT molecular complexity index is 499. The first-order valence-corrected chi connectivity index (χ1v) is 5.91. The number of nitrogens with zero attached hydrogens (tertiary/aromatic N) is 1. The average molecular weight is 364 g/mol. The van der Waals surface area contributed by atoms with Crippen LogP contribution >= 0.6 is 34.2 Å². The fourth-order valence-electron chi connectivity index (χ4n) is 0.970. The minimum atomic E-state index is -0.874. The van der Waals surface area contributed by atoms with Gasteiger partial charge >= 0.3 is 11.8 Å². The Hall–Kier alpha value is -1.33. The number of hydrogen-bond acceptors (Lipinski definition) is 3. The van der Waals surface area contributed by atoms with Crippen molar-refractivity contribution in [2.45, 2.75) is 0 Å². The van der Waals surface area contributed by atoms with E-state index in [0.29, 0.717) is 10.7 Å². The summed E-state index contributed by atoms with van der Waals surface area (Å²) in [6.07, 6.45) is 0. The van der Waals surface area contributed by atoms with Crippen molar-refractivity contribution in [2.24, 2.45) is 0 Å². The molecule has 0 aliphatic heterocycles. The molecule has 0 aromatic heterocycles. The summed E-state index contributed by atoms with van der Waals surface area (Å²) in [6.45, 7) is -0.216. The number of amides is 2. The molecule has 0 aliphatic carbocycles. The fourth-order valence-corrected chi connectivity index (χ4v) is 1.87. The summed E-state index contributed by atoms with van der Waals surface area (Å²) in [5, 5.41) is 13.1. The number of rotatable bonds is 2. The lowest BCUT2D eigenvalue weighted by Gasteiger charge is -2.06. The molecular weight excluding hydrogens is 356 g/mol. The molecule has 2 N–H and O–H groups in total. The number of carbonyl (C=O) groups is 2. The van der Waals surface area contributed by atoms with E-state index in [-0.39, 0.29) is 6.54 Å². The molecule has 0 atom stereocenters. The summed E-state index contributed by atoms with van der Waals surface area (Å²) < 4.78 is 0.916. The van der Waals surface area contributed by atoms with Crippen LogP contribution in [0.4, 0.5) is 5.69 Å². The summed E-state index contributed by atoms with van der Waals surface area (Å²) in [6, 6.07) is 6.70. The van der Waals surface area contributed by atoms with E-state index in [2.05, 4.69) is 33.2 Å². The molecule has 0 unspecified atom stereocenters. The van der Waals surface area contributed by atoms with Gasteiger partial charge in [0, 0.05) is 3.57 Å². The highest BCUT2D eigenvalue weighted by Gasteiger charge is 2.14. The molecule has 17 heavy (non-hydrogen) atoms. The Kier molecular flexibility index (Phi) is 5.18. The van der Waals surface area contributed by atoms with Crippen LogP contribution in [0.25, 0.3) is 0 Å². The van der Waals surface area contributed by atoms with Gasteiger partial charge in [-0.15, -0.1) is 0 Å². The summed E-state index contributed by atoms with van der Waals surface area (Å²) in [5.41, 5.74) is 0.351. The third-order valence-corrected chi connectivity index (χ3v) is 2.70. The molecule has 1 aromatic carbocycles. The van der Waals surface area contributed by atoms with E-state index in [0.717, 1.165) is 3.57 Å². The Balaban J connectivity index is 2.68. The summed E-state index contributed by atoms with van der Waals surface area (Å²) >= 11 is 7.95. The quantitative estimate of drug-likeness (QED) is 0.475.